The standard InChI is InChI=1S/C12H11F2N3OS/c1-7(19-12-16-15-6-17(12)2)11(18)9-5-8(13)3-4-10(9)14/h3-7H,1-2H3. The van der Waals surface area contributed by atoms with Crippen molar-refractivity contribution in [3.63, 3.8) is 0 Å². The maximum atomic E-state index is 13.5. The minimum absolute atomic E-state index is 0.248. The molecule has 2 aromatic rings. The van der Waals surface area contributed by atoms with Crippen LogP contribution in [0.2, 0.25) is 0 Å². The summed E-state index contributed by atoms with van der Waals surface area (Å²) in [6, 6.07) is 2.83. The number of hydrogen-bond acceptors (Lipinski definition) is 4. The lowest BCUT2D eigenvalue weighted by atomic mass is 10.1. The lowest BCUT2D eigenvalue weighted by molar-refractivity contribution is 0.0989. The van der Waals surface area contributed by atoms with Crippen LogP contribution in [-0.2, 0) is 7.05 Å². The van der Waals surface area contributed by atoms with Crippen molar-refractivity contribution in [2.75, 3.05) is 0 Å². The minimum Gasteiger partial charge on any atom is -0.312 e. The highest BCUT2D eigenvalue weighted by Crippen LogP contribution is 2.24. The molecule has 1 aromatic heterocycles. The van der Waals surface area contributed by atoms with E-state index in [1.54, 1.807) is 18.5 Å². The summed E-state index contributed by atoms with van der Waals surface area (Å²) in [5.74, 6) is -1.84. The Morgan fingerprint density at radius 2 is 2.16 bits per heavy atom. The van der Waals surface area contributed by atoms with Crippen LogP contribution in [0.3, 0.4) is 0 Å². The number of carbonyl (C=O) groups excluding carboxylic acids is 1. The SMILES string of the molecule is CC(Sc1nncn1C)C(=O)c1cc(F)ccc1F. The molecule has 2 rings (SSSR count). The predicted molar refractivity (Wildman–Crippen MR) is 67.0 cm³/mol. The van der Waals surface area contributed by atoms with Crippen LogP contribution in [-0.4, -0.2) is 25.8 Å². The van der Waals surface area contributed by atoms with Crippen molar-refractivity contribution in [2.24, 2.45) is 7.05 Å². The molecule has 1 aromatic carbocycles. The van der Waals surface area contributed by atoms with E-state index in [4.69, 9.17) is 0 Å². The molecule has 1 unspecified atom stereocenters. The molecule has 0 aliphatic rings. The monoisotopic (exact) mass is 283 g/mol. The first-order valence-electron chi connectivity index (χ1n) is 5.49. The third-order valence-corrected chi connectivity index (χ3v) is 3.66. The summed E-state index contributed by atoms with van der Waals surface area (Å²) in [5, 5.41) is 7.47. The molecule has 0 saturated heterocycles. The van der Waals surface area contributed by atoms with Gasteiger partial charge in [0, 0.05) is 7.05 Å². The minimum atomic E-state index is -0.725. The number of benzene rings is 1. The predicted octanol–water partition coefficient (Wildman–Crippen LogP) is 2.46. The topological polar surface area (TPSA) is 47.8 Å². The maximum absolute atomic E-state index is 13.5. The summed E-state index contributed by atoms with van der Waals surface area (Å²) in [4.78, 5) is 12.1. The second-order valence-electron chi connectivity index (χ2n) is 3.97. The largest absolute Gasteiger partial charge is 0.312 e. The Hall–Kier alpha value is -1.76. The number of carbonyl (C=O) groups is 1. The van der Waals surface area contributed by atoms with Crippen molar-refractivity contribution in [3.05, 3.63) is 41.7 Å². The zero-order valence-corrected chi connectivity index (χ0v) is 11.1. The Morgan fingerprint density at radius 1 is 1.42 bits per heavy atom. The van der Waals surface area contributed by atoms with E-state index in [0.717, 1.165) is 30.0 Å². The molecule has 19 heavy (non-hydrogen) atoms. The highest BCUT2D eigenvalue weighted by atomic mass is 32.2. The van der Waals surface area contributed by atoms with Crippen LogP contribution >= 0.6 is 11.8 Å². The second-order valence-corrected chi connectivity index (χ2v) is 5.28. The summed E-state index contributed by atoms with van der Waals surface area (Å²) in [6.45, 7) is 1.62. The summed E-state index contributed by atoms with van der Waals surface area (Å²) in [5.41, 5.74) is -0.248. The fourth-order valence-electron chi connectivity index (χ4n) is 1.50. The van der Waals surface area contributed by atoms with Crippen LogP contribution < -0.4 is 0 Å². The Kier molecular flexibility index (Phi) is 3.94. The summed E-state index contributed by atoms with van der Waals surface area (Å²) < 4.78 is 28.2. The lowest BCUT2D eigenvalue weighted by Crippen LogP contribution is -2.16. The fourth-order valence-corrected chi connectivity index (χ4v) is 2.35. The van der Waals surface area contributed by atoms with Gasteiger partial charge in [-0.05, 0) is 25.1 Å². The number of nitrogens with zero attached hydrogens (tertiary/aromatic N) is 3. The van der Waals surface area contributed by atoms with Gasteiger partial charge in [0.05, 0.1) is 10.8 Å². The van der Waals surface area contributed by atoms with E-state index in [-0.39, 0.29) is 5.56 Å². The number of thioether (sulfide) groups is 1. The molecule has 0 spiro atoms. The van der Waals surface area contributed by atoms with Crippen molar-refractivity contribution in [1.82, 2.24) is 14.8 Å². The number of hydrogen-bond donors (Lipinski definition) is 0. The summed E-state index contributed by atoms with van der Waals surface area (Å²) >= 11 is 1.15. The normalized spacial score (nSPS) is 12.4. The molecule has 0 saturated carbocycles. The highest BCUT2D eigenvalue weighted by Gasteiger charge is 2.22. The molecule has 0 aliphatic carbocycles. The number of ketones is 1. The van der Waals surface area contributed by atoms with Gasteiger partial charge in [0.1, 0.15) is 18.0 Å². The zero-order valence-electron chi connectivity index (χ0n) is 10.3. The zero-order chi connectivity index (χ0) is 14.0. The van der Waals surface area contributed by atoms with Crippen molar-refractivity contribution < 1.29 is 13.6 Å². The highest BCUT2D eigenvalue weighted by molar-refractivity contribution is 8.00. The van der Waals surface area contributed by atoms with Gasteiger partial charge in [-0.2, -0.15) is 0 Å². The Morgan fingerprint density at radius 3 is 2.79 bits per heavy atom. The Bertz CT molecular complexity index is 615. The molecular formula is C12H11F2N3OS. The van der Waals surface area contributed by atoms with Crippen LogP contribution in [0.25, 0.3) is 0 Å². The van der Waals surface area contributed by atoms with E-state index >= 15 is 0 Å². The first kappa shape index (κ1) is 13.7. The fraction of sp³-hybridized carbons (Fsp3) is 0.250. The van der Waals surface area contributed by atoms with E-state index < -0.39 is 22.7 Å². The Balaban J connectivity index is 2.19. The van der Waals surface area contributed by atoms with Gasteiger partial charge in [-0.15, -0.1) is 10.2 Å². The summed E-state index contributed by atoms with van der Waals surface area (Å²) in [6.07, 6.45) is 1.50. The molecule has 0 N–H and O–H groups in total. The van der Waals surface area contributed by atoms with Crippen LogP contribution in [0.5, 0.6) is 0 Å². The molecule has 0 amide bonds. The second kappa shape index (κ2) is 5.48. The third-order valence-electron chi connectivity index (χ3n) is 2.52. The van der Waals surface area contributed by atoms with Crippen LogP contribution in [0.4, 0.5) is 8.78 Å². The first-order chi connectivity index (χ1) is 8.99. The smallest absolute Gasteiger partial charge is 0.191 e. The molecule has 0 bridgehead atoms. The van der Waals surface area contributed by atoms with E-state index in [9.17, 15) is 13.6 Å². The van der Waals surface area contributed by atoms with Gasteiger partial charge in [-0.1, -0.05) is 11.8 Å². The first-order valence-corrected chi connectivity index (χ1v) is 6.37. The summed E-state index contributed by atoms with van der Waals surface area (Å²) in [7, 11) is 1.74. The van der Waals surface area contributed by atoms with Gasteiger partial charge in [-0.25, -0.2) is 8.78 Å². The molecule has 1 heterocycles. The molecule has 0 aliphatic heterocycles. The number of Topliss-reactive ketones (excluding diaryl/α,β-unsaturated/α-hetero) is 1. The van der Waals surface area contributed by atoms with Crippen molar-refractivity contribution >= 4 is 17.5 Å². The molecular weight excluding hydrogens is 272 g/mol. The molecule has 100 valence electrons. The van der Waals surface area contributed by atoms with Crippen molar-refractivity contribution in [1.29, 1.82) is 0 Å². The quantitative estimate of drug-likeness (QED) is 0.639. The van der Waals surface area contributed by atoms with Crippen LogP contribution in [0.15, 0.2) is 29.7 Å². The van der Waals surface area contributed by atoms with Crippen molar-refractivity contribution in [3.8, 4) is 0 Å². The lowest BCUT2D eigenvalue weighted by Gasteiger charge is -2.10. The molecule has 4 nitrogen and oxygen atoms in total. The van der Waals surface area contributed by atoms with Gasteiger partial charge in [0.25, 0.3) is 0 Å². The average Bonchev–Trinajstić information content (AvgIpc) is 2.77. The third kappa shape index (κ3) is 2.98. The van der Waals surface area contributed by atoms with E-state index in [1.165, 1.54) is 6.33 Å². The molecule has 0 radical (unpaired) electrons. The molecule has 7 heteroatoms. The number of rotatable bonds is 4. The van der Waals surface area contributed by atoms with Crippen LogP contribution in [0.1, 0.15) is 17.3 Å². The molecule has 0 fully saturated rings. The van der Waals surface area contributed by atoms with Crippen molar-refractivity contribution in [2.45, 2.75) is 17.3 Å². The van der Waals surface area contributed by atoms with Gasteiger partial charge >= 0.3 is 0 Å². The average molecular weight is 283 g/mol. The number of aromatic nitrogens is 3. The maximum Gasteiger partial charge on any atom is 0.191 e. The van der Waals surface area contributed by atoms with E-state index in [2.05, 4.69) is 10.2 Å². The van der Waals surface area contributed by atoms with Gasteiger partial charge in [0.2, 0.25) is 0 Å². The van der Waals surface area contributed by atoms with Gasteiger partial charge in [0.15, 0.2) is 10.9 Å². The van der Waals surface area contributed by atoms with E-state index in [0.29, 0.717) is 5.16 Å². The van der Waals surface area contributed by atoms with Crippen LogP contribution in [0, 0.1) is 11.6 Å². The van der Waals surface area contributed by atoms with Gasteiger partial charge in [-0.3, -0.25) is 4.79 Å². The molecule has 1 atom stereocenters. The number of aryl methyl sites for hydroxylation is 1. The van der Waals surface area contributed by atoms with E-state index in [1.807, 2.05) is 0 Å². The Labute approximate surface area is 112 Å². The van der Waals surface area contributed by atoms with Gasteiger partial charge < -0.3 is 4.57 Å². The number of halogens is 2.